The molecule has 118 valence electrons. The number of sulfonamides is 1. The molecule has 2 rings (SSSR count). The second kappa shape index (κ2) is 7.24. The van der Waals surface area contributed by atoms with E-state index in [1.165, 1.54) is 18.4 Å². The number of nitrogens with one attached hydrogen (secondary N) is 2. The Hall–Kier alpha value is -2.12. The number of rotatable bonds is 7. The van der Waals surface area contributed by atoms with Crippen LogP contribution in [0, 0.1) is 0 Å². The van der Waals surface area contributed by atoms with E-state index in [1.807, 2.05) is 6.92 Å². The lowest BCUT2D eigenvalue weighted by atomic mass is 10.2. The first-order valence-corrected chi connectivity index (χ1v) is 8.41. The fourth-order valence-corrected chi connectivity index (χ4v) is 2.99. The molecule has 0 unspecified atom stereocenters. The first kappa shape index (κ1) is 16.3. The minimum Gasteiger partial charge on any atom is -0.467 e. The van der Waals surface area contributed by atoms with Gasteiger partial charge in [-0.15, -0.1) is 0 Å². The molecule has 6 nitrogen and oxygen atoms in total. The van der Waals surface area contributed by atoms with Crippen LogP contribution < -0.4 is 10.0 Å². The third kappa shape index (κ3) is 4.19. The summed E-state index contributed by atoms with van der Waals surface area (Å²) in [6.07, 6.45) is 2.22. The van der Waals surface area contributed by atoms with Gasteiger partial charge in [-0.05, 0) is 36.8 Å². The van der Waals surface area contributed by atoms with Crippen LogP contribution in [0.5, 0.6) is 0 Å². The number of furan rings is 1. The monoisotopic (exact) mass is 322 g/mol. The highest BCUT2D eigenvalue weighted by Gasteiger charge is 2.15. The van der Waals surface area contributed by atoms with Gasteiger partial charge < -0.3 is 9.73 Å². The lowest BCUT2D eigenvalue weighted by Gasteiger charge is -2.08. The van der Waals surface area contributed by atoms with E-state index in [9.17, 15) is 13.2 Å². The molecular formula is C15H18N2O4S. The molecule has 0 fully saturated rings. The number of carbonyl (C=O) groups excluding carboxylic acids is 1. The average molecular weight is 322 g/mol. The van der Waals surface area contributed by atoms with Gasteiger partial charge in [0.05, 0.1) is 17.7 Å². The summed E-state index contributed by atoms with van der Waals surface area (Å²) >= 11 is 0. The summed E-state index contributed by atoms with van der Waals surface area (Å²) in [5.41, 5.74) is 0.283. The zero-order valence-corrected chi connectivity index (χ0v) is 13.0. The van der Waals surface area contributed by atoms with E-state index in [1.54, 1.807) is 24.3 Å². The van der Waals surface area contributed by atoms with Gasteiger partial charge >= 0.3 is 0 Å². The fraction of sp³-hybridized carbons (Fsp3) is 0.267. The van der Waals surface area contributed by atoms with Crippen molar-refractivity contribution in [2.24, 2.45) is 0 Å². The maximum atomic E-state index is 12.1. The Balaban J connectivity index is 2.09. The molecule has 0 bridgehead atoms. The van der Waals surface area contributed by atoms with Crippen molar-refractivity contribution in [1.82, 2.24) is 10.0 Å². The normalized spacial score (nSPS) is 11.3. The molecule has 0 saturated heterocycles. The number of benzene rings is 1. The van der Waals surface area contributed by atoms with Crippen LogP contribution in [0.4, 0.5) is 0 Å². The van der Waals surface area contributed by atoms with Gasteiger partial charge in [-0.25, -0.2) is 13.1 Å². The summed E-state index contributed by atoms with van der Waals surface area (Å²) in [5, 5.41) is 2.68. The Kier molecular flexibility index (Phi) is 5.35. The SMILES string of the molecule is CCCNS(=O)(=O)c1cccc(C(=O)NCc2ccco2)c1. The minimum atomic E-state index is -3.59. The van der Waals surface area contributed by atoms with E-state index in [0.29, 0.717) is 18.7 Å². The van der Waals surface area contributed by atoms with Gasteiger partial charge in [0.1, 0.15) is 5.76 Å². The van der Waals surface area contributed by atoms with Crippen LogP contribution in [0.1, 0.15) is 29.5 Å². The molecule has 0 aliphatic rings. The molecule has 1 aromatic heterocycles. The topological polar surface area (TPSA) is 88.4 Å². The first-order chi connectivity index (χ1) is 10.5. The summed E-state index contributed by atoms with van der Waals surface area (Å²) in [5.74, 6) is 0.269. The molecule has 1 aromatic carbocycles. The molecule has 0 radical (unpaired) electrons. The maximum absolute atomic E-state index is 12.1. The predicted molar refractivity (Wildman–Crippen MR) is 81.8 cm³/mol. The van der Waals surface area contributed by atoms with Crippen molar-refractivity contribution in [1.29, 1.82) is 0 Å². The summed E-state index contributed by atoms with van der Waals surface area (Å²) in [6, 6.07) is 9.40. The van der Waals surface area contributed by atoms with Gasteiger partial charge in [-0.3, -0.25) is 4.79 Å². The number of carbonyl (C=O) groups is 1. The fourth-order valence-electron chi connectivity index (χ4n) is 1.81. The van der Waals surface area contributed by atoms with Gasteiger partial charge in [0.25, 0.3) is 5.91 Å². The van der Waals surface area contributed by atoms with E-state index in [-0.39, 0.29) is 22.9 Å². The standard InChI is InChI=1S/C15H18N2O4S/c1-2-8-17-22(19,20)14-7-3-5-12(10-14)15(18)16-11-13-6-4-9-21-13/h3-7,9-10,17H,2,8,11H2,1H3,(H,16,18). The first-order valence-electron chi connectivity index (χ1n) is 6.93. The molecule has 1 amide bonds. The number of amides is 1. The van der Waals surface area contributed by atoms with Crippen LogP contribution in [-0.2, 0) is 16.6 Å². The molecule has 0 saturated carbocycles. The van der Waals surface area contributed by atoms with Crippen molar-refractivity contribution in [3.8, 4) is 0 Å². The molecule has 0 aliphatic heterocycles. The Labute approximate surface area is 129 Å². The van der Waals surface area contributed by atoms with Gasteiger partial charge in [0.2, 0.25) is 10.0 Å². The molecule has 7 heteroatoms. The second-order valence-electron chi connectivity index (χ2n) is 4.69. The lowest BCUT2D eigenvalue weighted by molar-refractivity contribution is 0.0948. The Morgan fingerprint density at radius 1 is 1.23 bits per heavy atom. The van der Waals surface area contributed by atoms with Crippen molar-refractivity contribution in [3.05, 3.63) is 54.0 Å². The molecule has 2 aromatic rings. The van der Waals surface area contributed by atoms with Crippen LogP contribution in [0.3, 0.4) is 0 Å². The number of hydrogen-bond donors (Lipinski definition) is 2. The zero-order chi connectivity index (χ0) is 16.0. The van der Waals surface area contributed by atoms with Crippen LogP contribution in [0.2, 0.25) is 0 Å². The Morgan fingerprint density at radius 2 is 2.05 bits per heavy atom. The molecule has 0 atom stereocenters. The van der Waals surface area contributed by atoms with Gasteiger partial charge in [-0.1, -0.05) is 13.0 Å². The van der Waals surface area contributed by atoms with Crippen molar-refractivity contribution < 1.29 is 17.6 Å². The van der Waals surface area contributed by atoms with Crippen LogP contribution in [0.25, 0.3) is 0 Å². The Bertz CT molecular complexity index is 724. The van der Waals surface area contributed by atoms with Crippen LogP contribution >= 0.6 is 0 Å². The quantitative estimate of drug-likeness (QED) is 0.815. The summed E-state index contributed by atoms with van der Waals surface area (Å²) in [4.78, 5) is 12.1. The van der Waals surface area contributed by atoms with Gasteiger partial charge in [0.15, 0.2) is 0 Å². The molecule has 0 aliphatic carbocycles. The van der Waals surface area contributed by atoms with E-state index in [4.69, 9.17) is 4.42 Å². The predicted octanol–water partition coefficient (Wildman–Crippen LogP) is 1.90. The highest BCUT2D eigenvalue weighted by Crippen LogP contribution is 2.12. The average Bonchev–Trinajstić information content (AvgIpc) is 3.04. The van der Waals surface area contributed by atoms with Crippen LogP contribution in [-0.4, -0.2) is 20.9 Å². The molecule has 2 N–H and O–H groups in total. The Morgan fingerprint density at radius 3 is 2.73 bits per heavy atom. The van der Waals surface area contributed by atoms with Crippen molar-refractivity contribution in [2.75, 3.05) is 6.54 Å². The number of hydrogen-bond acceptors (Lipinski definition) is 4. The molecule has 0 spiro atoms. The highest BCUT2D eigenvalue weighted by atomic mass is 32.2. The highest BCUT2D eigenvalue weighted by molar-refractivity contribution is 7.89. The van der Waals surface area contributed by atoms with E-state index in [2.05, 4.69) is 10.0 Å². The van der Waals surface area contributed by atoms with E-state index in [0.717, 1.165) is 0 Å². The second-order valence-corrected chi connectivity index (χ2v) is 6.45. The van der Waals surface area contributed by atoms with E-state index < -0.39 is 10.0 Å². The zero-order valence-electron chi connectivity index (χ0n) is 12.2. The molecule has 1 heterocycles. The third-order valence-electron chi connectivity index (χ3n) is 2.95. The van der Waals surface area contributed by atoms with Crippen molar-refractivity contribution in [2.45, 2.75) is 24.8 Å². The third-order valence-corrected chi connectivity index (χ3v) is 4.41. The largest absolute Gasteiger partial charge is 0.467 e. The van der Waals surface area contributed by atoms with Crippen LogP contribution in [0.15, 0.2) is 52.0 Å². The van der Waals surface area contributed by atoms with Crippen molar-refractivity contribution in [3.63, 3.8) is 0 Å². The minimum absolute atomic E-state index is 0.0756. The smallest absolute Gasteiger partial charge is 0.251 e. The summed E-state index contributed by atoms with van der Waals surface area (Å²) in [6.45, 7) is 2.48. The molecule has 22 heavy (non-hydrogen) atoms. The van der Waals surface area contributed by atoms with E-state index >= 15 is 0 Å². The lowest BCUT2D eigenvalue weighted by Crippen LogP contribution is -2.26. The van der Waals surface area contributed by atoms with Gasteiger partial charge in [-0.2, -0.15) is 0 Å². The maximum Gasteiger partial charge on any atom is 0.251 e. The summed E-state index contributed by atoms with van der Waals surface area (Å²) < 4.78 is 31.7. The van der Waals surface area contributed by atoms with Crippen molar-refractivity contribution >= 4 is 15.9 Å². The summed E-state index contributed by atoms with van der Waals surface area (Å²) in [7, 11) is -3.59. The molecular weight excluding hydrogens is 304 g/mol. The van der Waals surface area contributed by atoms with Gasteiger partial charge in [0, 0.05) is 12.1 Å².